The topological polar surface area (TPSA) is 77.4 Å². The summed E-state index contributed by atoms with van der Waals surface area (Å²) in [6.45, 7) is 0.635. The minimum atomic E-state index is -0.285. The van der Waals surface area contributed by atoms with Crippen LogP contribution in [0.5, 0.6) is 11.5 Å². The average molecular weight is 356 g/mol. The first-order valence-electron chi connectivity index (χ1n) is 7.76. The minimum absolute atomic E-state index is 0.0440. The number of nitrogens with one attached hydrogen (secondary N) is 2. The fourth-order valence-electron chi connectivity index (χ4n) is 2.61. The highest BCUT2D eigenvalue weighted by molar-refractivity contribution is 7.10. The van der Waals surface area contributed by atoms with Gasteiger partial charge in [-0.05, 0) is 29.6 Å². The zero-order chi connectivity index (χ0) is 17.1. The number of thiophene rings is 1. The Hall–Kier alpha value is -3.00. The minimum Gasteiger partial charge on any atom is -0.454 e. The van der Waals surface area contributed by atoms with Crippen molar-refractivity contribution in [3.63, 3.8) is 0 Å². The molecule has 7 nitrogen and oxygen atoms in total. The molecular formula is C17H16N4O3S. The summed E-state index contributed by atoms with van der Waals surface area (Å²) in [5.41, 5.74) is 0.647. The normalized spacial score (nSPS) is 13.4. The summed E-state index contributed by atoms with van der Waals surface area (Å²) in [7, 11) is 0. The molecule has 0 radical (unpaired) electrons. The van der Waals surface area contributed by atoms with Crippen LogP contribution in [0.25, 0.3) is 0 Å². The molecule has 1 aliphatic heterocycles. The predicted octanol–water partition coefficient (Wildman–Crippen LogP) is 3.08. The molecular weight excluding hydrogens is 340 g/mol. The molecule has 0 unspecified atom stereocenters. The van der Waals surface area contributed by atoms with E-state index in [4.69, 9.17) is 9.47 Å². The van der Waals surface area contributed by atoms with Crippen LogP contribution in [-0.4, -0.2) is 29.1 Å². The summed E-state index contributed by atoms with van der Waals surface area (Å²) in [5, 5.41) is 12.0. The van der Waals surface area contributed by atoms with E-state index >= 15 is 0 Å². The van der Waals surface area contributed by atoms with Gasteiger partial charge in [0.05, 0.1) is 0 Å². The fraction of sp³-hybridized carbons (Fsp3) is 0.176. The smallest absolute Gasteiger partial charge is 0.319 e. The zero-order valence-corrected chi connectivity index (χ0v) is 14.0. The Labute approximate surface area is 148 Å². The number of rotatable bonds is 5. The molecule has 4 rings (SSSR count). The van der Waals surface area contributed by atoms with E-state index in [-0.39, 0.29) is 18.9 Å². The molecule has 0 bridgehead atoms. The Morgan fingerprint density at radius 1 is 1.28 bits per heavy atom. The lowest BCUT2D eigenvalue weighted by Gasteiger charge is -2.17. The maximum Gasteiger partial charge on any atom is 0.319 e. The third kappa shape index (κ3) is 3.43. The van der Waals surface area contributed by atoms with E-state index in [1.54, 1.807) is 35.7 Å². The number of benzene rings is 1. The Morgan fingerprint density at radius 2 is 2.20 bits per heavy atom. The van der Waals surface area contributed by atoms with Crippen molar-refractivity contribution < 1.29 is 14.3 Å². The van der Waals surface area contributed by atoms with Crippen molar-refractivity contribution >= 4 is 23.1 Å². The van der Waals surface area contributed by atoms with Crippen LogP contribution in [-0.2, 0) is 0 Å². The highest BCUT2D eigenvalue weighted by atomic mass is 32.1. The number of carbonyl (C=O) groups excluding carboxylic acids is 1. The van der Waals surface area contributed by atoms with Gasteiger partial charge in [0.2, 0.25) is 6.79 Å². The molecule has 2 amide bonds. The number of ether oxygens (including phenoxy) is 2. The van der Waals surface area contributed by atoms with Crippen molar-refractivity contribution in [2.24, 2.45) is 0 Å². The van der Waals surface area contributed by atoms with E-state index in [2.05, 4.69) is 15.7 Å². The molecule has 0 aliphatic carbocycles. The number of hydrogen-bond donors (Lipinski definition) is 2. The summed E-state index contributed by atoms with van der Waals surface area (Å²) < 4.78 is 12.4. The maximum absolute atomic E-state index is 12.2. The second kappa shape index (κ2) is 6.86. The van der Waals surface area contributed by atoms with Gasteiger partial charge in [0.25, 0.3) is 0 Å². The van der Waals surface area contributed by atoms with E-state index in [9.17, 15) is 4.79 Å². The Kier molecular flexibility index (Phi) is 4.26. The molecule has 3 heterocycles. The molecule has 25 heavy (non-hydrogen) atoms. The van der Waals surface area contributed by atoms with Crippen LogP contribution < -0.4 is 20.1 Å². The number of fused-ring (bicyclic) bond motifs is 1. The third-order valence-electron chi connectivity index (χ3n) is 3.80. The van der Waals surface area contributed by atoms with Gasteiger partial charge in [0.1, 0.15) is 6.04 Å². The fourth-order valence-corrected chi connectivity index (χ4v) is 3.43. The van der Waals surface area contributed by atoms with Gasteiger partial charge in [0, 0.05) is 35.6 Å². The Morgan fingerprint density at radius 3 is 3.00 bits per heavy atom. The molecule has 128 valence electrons. The van der Waals surface area contributed by atoms with Gasteiger partial charge in [-0.15, -0.1) is 11.3 Å². The molecule has 0 saturated heterocycles. The molecule has 0 fully saturated rings. The molecule has 1 aliphatic rings. The van der Waals surface area contributed by atoms with Crippen molar-refractivity contribution in [1.82, 2.24) is 15.1 Å². The van der Waals surface area contributed by atoms with Crippen molar-refractivity contribution in [2.45, 2.75) is 6.04 Å². The van der Waals surface area contributed by atoms with Crippen LogP contribution in [0, 0.1) is 0 Å². The molecule has 8 heteroatoms. The van der Waals surface area contributed by atoms with Gasteiger partial charge in [-0.3, -0.25) is 4.68 Å². The second-order valence-corrected chi connectivity index (χ2v) is 6.40. The average Bonchev–Trinajstić information content (AvgIpc) is 3.37. The zero-order valence-electron chi connectivity index (χ0n) is 13.2. The summed E-state index contributed by atoms with van der Waals surface area (Å²) in [6, 6.07) is 10.9. The van der Waals surface area contributed by atoms with Crippen molar-refractivity contribution in [1.29, 1.82) is 0 Å². The number of carbonyl (C=O) groups is 1. The quantitative estimate of drug-likeness (QED) is 0.736. The molecule has 0 spiro atoms. The predicted molar refractivity (Wildman–Crippen MR) is 94.3 cm³/mol. The van der Waals surface area contributed by atoms with E-state index in [1.807, 2.05) is 34.5 Å². The number of nitrogens with zero attached hydrogens (tertiary/aromatic N) is 2. The SMILES string of the molecule is O=C(NC[C@H](c1cccs1)n1cccn1)Nc1ccc2c(c1)OCO2. The third-order valence-corrected chi connectivity index (χ3v) is 4.78. The van der Waals surface area contributed by atoms with E-state index in [1.165, 1.54) is 0 Å². The molecule has 2 N–H and O–H groups in total. The van der Waals surface area contributed by atoms with Crippen LogP contribution >= 0.6 is 11.3 Å². The lowest BCUT2D eigenvalue weighted by molar-refractivity contribution is 0.174. The molecule has 1 atom stereocenters. The molecule has 2 aromatic heterocycles. The van der Waals surface area contributed by atoms with Crippen molar-refractivity contribution in [3.05, 3.63) is 59.0 Å². The van der Waals surface area contributed by atoms with Crippen molar-refractivity contribution in [3.8, 4) is 11.5 Å². The summed E-state index contributed by atoms with van der Waals surface area (Å²) in [4.78, 5) is 13.4. The largest absolute Gasteiger partial charge is 0.454 e. The first-order chi connectivity index (χ1) is 12.3. The van der Waals surface area contributed by atoms with Crippen LogP contribution in [0.3, 0.4) is 0 Å². The van der Waals surface area contributed by atoms with Crippen LogP contribution in [0.2, 0.25) is 0 Å². The van der Waals surface area contributed by atoms with Crippen LogP contribution in [0.15, 0.2) is 54.2 Å². The van der Waals surface area contributed by atoms with Gasteiger partial charge in [0.15, 0.2) is 11.5 Å². The van der Waals surface area contributed by atoms with E-state index in [0.717, 1.165) is 4.88 Å². The summed E-state index contributed by atoms with van der Waals surface area (Å²) >= 11 is 1.64. The first kappa shape index (κ1) is 15.5. The van der Waals surface area contributed by atoms with E-state index in [0.29, 0.717) is 23.7 Å². The van der Waals surface area contributed by atoms with Gasteiger partial charge >= 0.3 is 6.03 Å². The van der Waals surface area contributed by atoms with Crippen molar-refractivity contribution in [2.75, 3.05) is 18.7 Å². The number of anilines is 1. The number of amides is 2. The number of aromatic nitrogens is 2. The molecule has 0 saturated carbocycles. The molecule has 3 aromatic rings. The van der Waals surface area contributed by atoms with Gasteiger partial charge in [-0.25, -0.2) is 4.79 Å². The second-order valence-electron chi connectivity index (χ2n) is 5.42. The lowest BCUT2D eigenvalue weighted by Crippen LogP contribution is -2.34. The van der Waals surface area contributed by atoms with Gasteiger partial charge in [-0.2, -0.15) is 5.10 Å². The Balaban J connectivity index is 1.40. The monoisotopic (exact) mass is 356 g/mol. The van der Waals surface area contributed by atoms with Crippen LogP contribution in [0.1, 0.15) is 10.9 Å². The Bertz CT molecular complexity index is 815. The first-order valence-corrected chi connectivity index (χ1v) is 8.64. The number of urea groups is 1. The lowest BCUT2D eigenvalue weighted by atomic mass is 10.2. The summed E-state index contributed by atoms with van der Waals surface area (Å²) in [6.07, 6.45) is 3.62. The molecule has 1 aromatic carbocycles. The van der Waals surface area contributed by atoms with E-state index < -0.39 is 0 Å². The standard InChI is InChI=1S/C17H16N4O3S/c22-17(20-12-4-5-14-15(9-12)24-11-23-14)18-10-13(16-3-1-8-25-16)21-7-2-6-19-21/h1-9,13H,10-11H2,(H2,18,20,22)/t13-/m1/s1. The van der Waals surface area contributed by atoms with Gasteiger partial charge in [-0.1, -0.05) is 6.07 Å². The summed E-state index contributed by atoms with van der Waals surface area (Å²) in [5.74, 6) is 1.31. The maximum atomic E-state index is 12.2. The highest BCUT2D eigenvalue weighted by Gasteiger charge is 2.17. The highest BCUT2D eigenvalue weighted by Crippen LogP contribution is 2.34. The number of hydrogen-bond acceptors (Lipinski definition) is 5. The van der Waals surface area contributed by atoms with Crippen LogP contribution in [0.4, 0.5) is 10.5 Å². The van der Waals surface area contributed by atoms with Gasteiger partial charge < -0.3 is 20.1 Å².